The minimum Gasteiger partial charge on any atom is -0.497 e. The fraction of sp³-hybridized carbons (Fsp3) is 0.312. The largest absolute Gasteiger partial charge is 0.497 e. The Bertz CT molecular complexity index is 1800. The first-order valence-corrected chi connectivity index (χ1v) is 14.3. The van der Waals surface area contributed by atoms with Crippen LogP contribution in [0.4, 0.5) is 0 Å². The Kier molecular flexibility index (Phi) is 8.59. The van der Waals surface area contributed by atoms with E-state index in [9.17, 15) is 4.79 Å². The highest BCUT2D eigenvalue weighted by Crippen LogP contribution is 2.34. The Labute approximate surface area is 254 Å². The first-order valence-electron chi connectivity index (χ1n) is 14.3. The van der Waals surface area contributed by atoms with E-state index in [1.54, 1.807) is 26.0 Å². The number of tetrazole rings is 1. The quantitative estimate of drug-likeness (QED) is 0.228. The second kappa shape index (κ2) is 13.0. The Hall–Kier alpha value is -5.10. The second-order valence-electron chi connectivity index (χ2n) is 10.5. The van der Waals surface area contributed by atoms with E-state index in [1.165, 1.54) is 0 Å². The minimum atomic E-state index is -0.164. The van der Waals surface area contributed by atoms with Gasteiger partial charge in [0, 0.05) is 30.1 Å². The summed E-state index contributed by atoms with van der Waals surface area (Å²) in [4.78, 5) is 18.5. The molecule has 2 aromatic heterocycles. The molecule has 3 heterocycles. The van der Waals surface area contributed by atoms with Crippen LogP contribution in [-0.4, -0.2) is 71.2 Å². The molecule has 228 valence electrons. The number of benzene rings is 3. The zero-order valence-corrected chi connectivity index (χ0v) is 24.9. The molecule has 6 rings (SSSR count). The Morgan fingerprint density at radius 3 is 2.36 bits per heavy atom. The van der Waals surface area contributed by atoms with Gasteiger partial charge in [0.15, 0.2) is 28.8 Å². The summed E-state index contributed by atoms with van der Waals surface area (Å²) in [5, 5.41) is 13.4. The van der Waals surface area contributed by atoms with Crippen LogP contribution in [0.15, 0.2) is 65.5 Å². The molecule has 0 spiro atoms. The first-order chi connectivity index (χ1) is 21.5. The summed E-state index contributed by atoms with van der Waals surface area (Å²) in [6, 6.07) is 19.3. The van der Waals surface area contributed by atoms with E-state index in [0.717, 1.165) is 22.3 Å². The maximum Gasteiger partial charge on any atom is 0.252 e. The van der Waals surface area contributed by atoms with Crippen molar-refractivity contribution >= 4 is 10.9 Å². The number of hydrogen-bond donors (Lipinski definition) is 1. The number of ether oxygens (including phenoxy) is 5. The highest BCUT2D eigenvalue weighted by Gasteiger charge is 2.18. The van der Waals surface area contributed by atoms with Gasteiger partial charge in [0.1, 0.15) is 19.0 Å². The summed E-state index contributed by atoms with van der Waals surface area (Å²) in [7, 11) is 4.88. The van der Waals surface area contributed by atoms with Gasteiger partial charge < -0.3 is 28.7 Å². The highest BCUT2D eigenvalue weighted by atomic mass is 16.6. The Balaban J connectivity index is 1.27. The third kappa shape index (κ3) is 6.45. The maximum absolute atomic E-state index is 13.3. The van der Waals surface area contributed by atoms with Crippen LogP contribution in [0.2, 0.25) is 0 Å². The van der Waals surface area contributed by atoms with E-state index < -0.39 is 0 Å². The zero-order valence-electron chi connectivity index (χ0n) is 24.9. The monoisotopic (exact) mass is 598 g/mol. The molecular weight excluding hydrogens is 564 g/mol. The number of H-pyrrole nitrogens is 1. The number of pyridine rings is 1. The van der Waals surface area contributed by atoms with E-state index in [0.29, 0.717) is 85.7 Å². The molecule has 0 bridgehead atoms. The van der Waals surface area contributed by atoms with Gasteiger partial charge in [0.05, 0.1) is 39.9 Å². The van der Waals surface area contributed by atoms with Crippen molar-refractivity contribution in [3.63, 3.8) is 0 Å². The van der Waals surface area contributed by atoms with E-state index in [1.807, 2.05) is 60.7 Å². The van der Waals surface area contributed by atoms with Crippen molar-refractivity contribution in [2.24, 2.45) is 0 Å². The fourth-order valence-corrected chi connectivity index (χ4v) is 5.25. The lowest BCUT2D eigenvalue weighted by Crippen LogP contribution is -2.30. The lowest BCUT2D eigenvalue weighted by atomic mass is 10.1. The fourth-order valence-electron chi connectivity index (χ4n) is 5.25. The number of methoxy groups -OCH3 is 3. The average molecular weight is 599 g/mol. The van der Waals surface area contributed by atoms with Crippen LogP contribution < -0.4 is 29.2 Å². The number of hydrogen-bond acceptors (Lipinski definition) is 10. The molecule has 0 fully saturated rings. The highest BCUT2D eigenvalue weighted by molar-refractivity contribution is 5.83. The van der Waals surface area contributed by atoms with Crippen LogP contribution in [0.5, 0.6) is 28.7 Å². The van der Waals surface area contributed by atoms with Gasteiger partial charge in [-0.25, -0.2) is 4.68 Å². The van der Waals surface area contributed by atoms with Crippen molar-refractivity contribution in [3.05, 3.63) is 93.5 Å². The van der Waals surface area contributed by atoms with Gasteiger partial charge in [0.2, 0.25) is 0 Å². The van der Waals surface area contributed by atoms with Gasteiger partial charge in [-0.3, -0.25) is 9.69 Å². The van der Waals surface area contributed by atoms with Crippen LogP contribution in [0.25, 0.3) is 10.9 Å². The van der Waals surface area contributed by atoms with Crippen LogP contribution in [0.1, 0.15) is 22.5 Å². The molecule has 3 aromatic carbocycles. The molecule has 0 atom stereocenters. The third-order valence-corrected chi connectivity index (χ3v) is 7.61. The number of aromatic amines is 1. The number of nitrogens with one attached hydrogen (secondary N) is 1. The maximum atomic E-state index is 13.3. The molecule has 44 heavy (non-hydrogen) atoms. The molecular formula is C32H34N6O6. The molecule has 0 aliphatic carbocycles. The van der Waals surface area contributed by atoms with Gasteiger partial charge >= 0.3 is 0 Å². The number of nitrogens with zero attached hydrogens (tertiary/aromatic N) is 5. The summed E-state index contributed by atoms with van der Waals surface area (Å²) >= 11 is 0. The molecule has 1 aliphatic rings. The van der Waals surface area contributed by atoms with Crippen molar-refractivity contribution in [3.8, 4) is 28.7 Å². The summed E-state index contributed by atoms with van der Waals surface area (Å²) < 4.78 is 29.4. The lowest BCUT2D eigenvalue weighted by Gasteiger charge is -2.22. The Morgan fingerprint density at radius 1 is 0.864 bits per heavy atom. The van der Waals surface area contributed by atoms with Gasteiger partial charge in [-0.15, -0.1) is 5.10 Å². The summed E-state index contributed by atoms with van der Waals surface area (Å²) in [5.74, 6) is 4.11. The predicted molar refractivity (Wildman–Crippen MR) is 163 cm³/mol. The SMILES string of the molecule is COc1ccc(Cn2nnnc2CN(CCc2ccc(OC)c(OC)c2)Cc2cc3cc4c(cc3[nH]c2=O)OCCO4)cc1. The lowest BCUT2D eigenvalue weighted by molar-refractivity contribution is 0.172. The van der Waals surface area contributed by atoms with Crippen molar-refractivity contribution in [1.29, 1.82) is 0 Å². The standard InChI is InChI=1S/C32H34N6O6/c1-40-25-7-4-22(5-8-25)18-38-31(34-35-36-38)20-37(11-10-21-6-9-27(41-2)28(14-21)42-3)19-24-15-23-16-29-30(44-13-12-43-29)17-26(23)33-32(24)39/h4-9,14-17H,10-13,18-20H2,1-3H3,(H,33,39). The molecule has 1 N–H and O–H groups in total. The summed E-state index contributed by atoms with van der Waals surface area (Å²) in [5.41, 5.74) is 3.26. The molecule has 0 radical (unpaired) electrons. The molecule has 0 unspecified atom stereocenters. The first kappa shape index (κ1) is 29.0. The van der Waals surface area contributed by atoms with Gasteiger partial charge in [-0.05, 0) is 64.4 Å². The van der Waals surface area contributed by atoms with Crippen LogP contribution in [0, 0.1) is 0 Å². The normalized spacial score (nSPS) is 12.5. The van der Waals surface area contributed by atoms with Crippen molar-refractivity contribution in [2.75, 3.05) is 41.1 Å². The van der Waals surface area contributed by atoms with Gasteiger partial charge in [-0.2, -0.15) is 0 Å². The van der Waals surface area contributed by atoms with Crippen LogP contribution in [0.3, 0.4) is 0 Å². The number of fused-ring (bicyclic) bond motifs is 2. The van der Waals surface area contributed by atoms with Crippen LogP contribution >= 0.6 is 0 Å². The van der Waals surface area contributed by atoms with E-state index >= 15 is 0 Å². The van der Waals surface area contributed by atoms with Crippen molar-refractivity contribution in [2.45, 2.75) is 26.1 Å². The topological polar surface area (TPSA) is 126 Å². The smallest absolute Gasteiger partial charge is 0.252 e. The molecule has 12 nitrogen and oxygen atoms in total. The van der Waals surface area contributed by atoms with E-state index in [2.05, 4.69) is 25.4 Å². The minimum absolute atomic E-state index is 0.164. The molecule has 0 saturated carbocycles. The number of rotatable bonds is 12. The van der Waals surface area contributed by atoms with E-state index in [4.69, 9.17) is 23.7 Å². The van der Waals surface area contributed by atoms with Gasteiger partial charge in [0.25, 0.3) is 5.56 Å². The predicted octanol–water partition coefficient (Wildman–Crippen LogP) is 3.60. The van der Waals surface area contributed by atoms with E-state index in [-0.39, 0.29) is 5.56 Å². The molecule has 1 aliphatic heterocycles. The van der Waals surface area contributed by atoms with Crippen molar-refractivity contribution < 1.29 is 23.7 Å². The third-order valence-electron chi connectivity index (χ3n) is 7.61. The molecule has 12 heteroatoms. The molecule has 0 saturated heterocycles. The summed E-state index contributed by atoms with van der Waals surface area (Å²) in [6.45, 7) is 2.90. The van der Waals surface area contributed by atoms with Crippen molar-refractivity contribution in [1.82, 2.24) is 30.1 Å². The van der Waals surface area contributed by atoms with Gasteiger partial charge in [-0.1, -0.05) is 18.2 Å². The second-order valence-corrected chi connectivity index (χ2v) is 10.5. The Morgan fingerprint density at radius 2 is 1.61 bits per heavy atom. The average Bonchev–Trinajstić information content (AvgIpc) is 3.49. The summed E-state index contributed by atoms with van der Waals surface area (Å²) in [6.07, 6.45) is 0.699. The molecule has 5 aromatic rings. The van der Waals surface area contributed by atoms with Crippen LogP contribution in [-0.2, 0) is 26.1 Å². The number of aromatic nitrogens is 5. The zero-order chi connectivity index (χ0) is 30.5. The molecule has 0 amide bonds.